The number of aryl methyl sites for hydroxylation is 1. The number of amides is 1. The second-order valence-corrected chi connectivity index (χ2v) is 6.52. The Morgan fingerprint density at radius 3 is 2.96 bits per heavy atom. The van der Waals surface area contributed by atoms with Crippen LogP contribution in [-0.2, 0) is 6.42 Å². The van der Waals surface area contributed by atoms with Crippen molar-refractivity contribution < 1.29 is 4.79 Å². The SMILES string of the molecule is Cc1cc(C(=O)N2CCc3ccncc32)c(C)n1-c1nccs1. The molecule has 4 rings (SSSR count). The molecule has 0 spiro atoms. The van der Waals surface area contributed by atoms with E-state index >= 15 is 0 Å². The summed E-state index contributed by atoms with van der Waals surface area (Å²) < 4.78 is 2.04. The van der Waals surface area contributed by atoms with Gasteiger partial charge >= 0.3 is 0 Å². The molecule has 1 aliphatic heterocycles. The van der Waals surface area contributed by atoms with E-state index in [1.807, 2.05) is 40.8 Å². The Morgan fingerprint density at radius 2 is 2.17 bits per heavy atom. The minimum atomic E-state index is 0.0349. The first-order chi connectivity index (χ1) is 11.2. The quantitative estimate of drug-likeness (QED) is 0.727. The van der Waals surface area contributed by atoms with Crippen molar-refractivity contribution in [2.24, 2.45) is 0 Å². The summed E-state index contributed by atoms with van der Waals surface area (Å²) in [4.78, 5) is 23.4. The van der Waals surface area contributed by atoms with E-state index in [4.69, 9.17) is 0 Å². The van der Waals surface area contributed by atoms with Gasteiger partial charge in [0.2, 0.25) is 0 Å². The Bertz CT molecular complexity index is 882. The molecule has 0 aliphatic carbocycles. The highest BCUT2D eigenvalue weighted by molar-refractivity contribution is 7.12. The molecule has 0 saturated heterocycles. The fourth-order valence-corrected chi connectivity index (χ4v) is 3.93. The smallest absolute Gasteiger partial charge is 0.260 e. The van der Waals surface area contributed by atoms with Crippen LogP contribution in [0.15, 0.2) is 36.1 Å². The van der Waals surface area contributed by atoms with Crippen LogP contribution in [0.5, 0.6) is 0 Å². The van der Waals surface area contributed by atoms with Crippen molar-refractivity contribution in [1.82, 2.24) is 14.5 Å². The molecule has 6 heteroatoms. The number of pyridine rings is 1. The molecule has 116 valence electrons. The van der Waals surface area contributed by atoms with E-state index in [-0.39, 0.29) is 5.91 Å². The van der Waals surface area contributed by atoms with E-state index in [0.29, 0.717) is 6.54 Å². The summed E-state index contributed by atoms with van der Waals surface area (Å²) >= 11 is 1.57. The lowest BCUT2D eigenvalue weighted by Crippen LogP contribution is -2.29. The lowest BCUT2D eigenvalue weighted by atomic mass is 10.2. The monoisotopic (exact) mass is 324 g/mol. The van der Waals surface area contributed by atoms with Crippen molar-refractivity contribution in [2.75, 3.05) is 11.4 Å². The normalized spacial score (nSPS) is 13.4. The number of hydrogen-bond acceptors (Lipinski definition) is 4. The van der Waals surface area contributed by atoms with Gasteiger partial charge in [-0.1, -0.05) is 0 Å². The van der Waals surface area contributed by atoms with Crippen molar-refractivity contribution >= 4 is 22.9 Å². The van der Waals surface area contributed by atoms with Gasteiger partial charge < -0.3 is 4.90 Å². The summed E-state index contributed by atoms with van der Waals surface area (Å²) in [6.45, 7) is 4.69. The highest BCUT2D eigenvalue weighted by atomic mass is 32.1. The van der Waals surface area contributed by atoms with Crippen molar-refractivity contribution in [1.29, 1.82) is 0 Å². The predicted molar refractivity (Wildman–Crippen MR) is 90.5 cm³/mol. The highest BCUT2D eigenvalue weighted by Gasteiger charge is 2.28. The van der Waals surface area contributed by atoms with Crippen LogP contribution in [0, 0.1) is 13.8 Å². The molecule has 4 heterocycles. The van der Waals surface area contributed by atoms with Crippen LogP contribution in [-0.4, -0.2) is 27.0 Å². The van der Waals surface area contributed by atoms with Gasteiger partial charge in [-0.15, -0.1) is 11.3 Å². The third-order valence-corrected chi connectivity index (χ3v) is 5.06. The van der Waals surface area contributed by atoms with Crippen molar-refractivity contribution in [3.63, 3.8) is 0 Å². The van der Waals surface area contributed by atoms with E-state index in [1.54, 1.807) is 29.9 Å². The fraction of sp³-hybridized carbons (Fsp3) is 0.235. The minimum Gasteiger partial charge on any atom is -0.306 e. The zero-order chi connectivity index (χ0) is 16.0. The van der Waals surface area contributed by atoms with Crippen LogP contribution >= 0.6 is 11.3 Å². The number of thiazole rings is 1. The van der Waals surface area contributed by atoms with Crippen molar-refractivity contribution in [3.8, 4) is 5.13 Å². The number of aromatic nitrogens is 3. The van der Waals surface area contributed by atoms with Gasteiger partial charge in [0, 0.05) is 35.7 Å². The molecule has 1 amide bonds. The number of nitrogens with zero attached hydrogens (tertiary/aromatic N) is 4. The molecule has 3 aromatic heterocycles. The molecule has 0 bridgehead atoms. The van der Waals surface area contributed by atoms with E-state index in [2.05, 4.69) is 9.97 Å². The molecule has 5 nitrogen and oxygen atoms in total. The molecule has 0 aromatic carbocycles. The number of fused-ring (bicyclic) bond motifs is 1. The van der Waals surface area contributed by atoms with E-state index in [9.17, 15) is 4.79 Å². The predicted octanol–water partition coefficient (Wildman–Crippen LogP) is 3.15. The van der Waals surface area contributed by atoms with Gasteiger partial charge in [0.05, 0.1) is 17.4 Å². The maximum absolute atomic E-state index is 13.0. The molecule has 1 aliphatic rings. The number of carbonyl (C=O) groups excluding carboxylic acids is 1. The molecular weight excluding hydrogens is 308 g/mol. The van der Waals surface area contributed by atoms with Gasteiger partial charge in [-0.3, -0.25) is 14.3 Å². The summed E-state index contributed by atoms with van der Waals surface area (Å²) in [7, 11) is 0. The van der Waals surface area contributed by atoms with Crippen LogP contribution in [0.4, 0.5) is 5.69 Å². The Balaban J connectivity index is 1.75. The first-order valence-corrected chi connectivity index (χ1v) is 8.38. The molecule has 23 heavy (non-hydrogen) atoms. The second kappa shape index (κ2) is 5.31. The molecule has 0 radical (unpaired) electrons. The average Bonchev–Trinajstić information content (AvgIpc) is 3.26. The lowest BCUT2D eigenvalue weighted by Gasteiger charge is -2.17. The van der Waals surface area contributed by atoms with E-state index in [0.717, 1.165) is 34.2 Å². The number of rotatable bonds is 2. The third kappa shape index (κ3) is 2.17. The van der Waals surface area contributed by atoms with Gasteiger partial charge in [0.15, 0.2) is 5.13 Å². The zero-order valence-corrected chi connectivity index (χ0v) is 13.8. The highest BCUT2D eigenvalue weighted by Crippen LogP contribution is 2.30. The maximum Gasteiger partial charge on any atom is 0.260 e. The topological polar surface area (TPSA) is 51.0 Å². The van der Waals surface area contributed by atoms with Crippen LogP contribution in [0.3, 0.4) is 0 Å². The molecule has 0 N–H and O–H groups in total. The Labute approximate surface area is 138 Å². The van der Waals surface area contributed by atoms with Gasteiger partial charge in [-0.2, -0.15) is 0 Å². The van der Waals surface area contributed by atoms with Crippen LogP contribution < -0.4 is 4.90 Å². The fourth-order valence-electron chi connectivity index (χ4n) is 3.18. The number of hydrogen-bond donors (Lipinski definition) is 0. The van der Waals surface area contributed by atoms with Gasteiger partial charge in [-0.05, 0) is 38.0 Å². The first kappa shape index (κ1) is 14.1. The molecule has 0 saturated carbocycles. The van der Waals surface area contributed by atoms with Gasteiger partial charge in [0.1, 0.15) is 0 Å². The van der Waals surface area contributed by atoms with E-state index < -0.39 is 0 Å². The zero-order valence-electron chi connectivity index (χ0n) is 13.0. The van der Waals surface area contributed by atoms with Gasteiger partial charge in [-0.25, -0.2) is 4.98 Å². The van der Waals surface area contributed by atoms with Crippen LogP contribution in [0.1, 0.15) is 27.3 Å². The standard InChI is InChI=1S/C17H16N4OS/c1-11-9-14(12(2)21(11)17-19-6-8-23-17)16(22)20-7-4-13-3-5-18-10-15(13)20/h3,5-6,8-10H,4,7H2,1-2H3. The molecule has 0 atom stereocenters. The molecular formula is C17H16N4OS. The maximum atomic E-state index is 13.0. The summed E-state index contributed by atoms with van der Waals surface area (Å²) in [6, 6.07) is 3.94. The first-order valence-electron chi connectivity index (χ1n) is 7.50. The van der Waals surface area contributed by atoms with Gasteiger partial charge in [0.25, 0.3) is 5.91 Å². The third-order valence-electron chi connectivity index (χ3n) is 4.30. The van der Waals surface area contributed by atoms with E-state index in [1.165, 1.54) is 5.56 Å². The minimum absolute atomic E-state index is 0.0349. The summed E-state index contributed by atoms with van der Waals surface area (Å²) in [6.07, 6.45) is 6.22. The second-order valence-electron chi connectivity index (χ2n) is 5.65. The summed E-state index contributed by atoms with van der Waals surface area (Å²) in [5.41, 5.74) is 4.79. The summed E-state index contributed by atoms with van der Waals surface area (Å²) in [5.74, 6) is 0.0349. The van der Waals surface area contributed by atoms with Crippen molar-refractivity contribution in [3.05, 3.63) is 58.6 Å². The molecule has 0 unspecified atom stereocenters. The number of anilines is 1. The largest absolute Gasteiger partial charge is 0.306 e. The summed E-state index contributed by atoms with van der Waals surface area (Å²) in [5, 5.41) is 2.83. The van der Waals surface area contributed by atoms with Crippen LogP contribution in [0.2, 0.25) is 0 Å². The van der Waals surface area contributed by atoms with Crippen molar-refractivity contribution in [2.45, 2.75) is 20.3 Å². The Morgan fingerprint density at radius 1 is 1.30 bits per heavy atom. The lowest BCUT2D eigenvalue weighted by molar-refractivity contribution is 0.0989. The van der Waals surface area contributed by atoms with Crippen LogP contribution in [0.25, 0.3) is 5.13 Å². The number of carbonyl (C=O) groups is 1. The Hall–Kier alpha value is -2.47. The molecule has 0 fully saturated rings. The molecule has 3 aromatic rings. The Kier molecular flexibility index (Phi) is 3.27. The average molecular weight is 324 g/mol.